The van der Waals surface area contributed by atoms with E-state index in [1.165, 1.54) is 25.7 Å². The van der Waals surface area contributed by atoms with E-state index in [0.717, 1.165) is 41.0 Å². The SMILES string of the molecule is CCCCCCCOc1ccc(-c2cnc(-c3ccc(C[C@H](NC(=O)c4ccn(C(C)(C)C)c4)C(=O)N4CC[C@H](C(=O)O)C4)cc3)nc2)cc1. The van der Waals surface area contributed by atoms with Gasteiger partial charge in [0.25, 0.3) is 5.91 Å². The maximum Gasteiger partial charge on any atom is 0.308 e. The van der Waals surface area contributed by atoms with Crippen molar-refractivity contribution in [1.82, 2.24) is 24.8 Å². The first-order chi connectivity index (χ1) is 24.0. The highest BCUT2D eigenvalue weighted by atomic mass is 16.5. The third-order valence-corrected chi connectivity index (χ3v) is 9.19. The molecule has 2 aromatic heterocycles. The van der Waals surface area contributed by atoms with Gasteiger partial charge in [0.1, 0.15) is 11.8 Å². The Hall–Kier alpha value is -4.99. The van der Waals surface area contributed by atoms with Gasteiger partial charge in [-0.15, -0.1) is 0 Å². The molecular weight excluding hydrogens is 630 g/mol. The molecule has 5 rings (SSSR count). The minimum Gasteiger partial charge on any atom is -0.494 e. The van der Waals surface area contributed by atoms with Gasteiger partial charge in [0, 0.05) is 61.0 Å². The minimum atomic E-state index is -0.915. The topological polar surface area (TPSA) is 127 Å². The lowest BCUT2D eigenvalue weighted by Crippen LogP contribution is -2.49. The maximum absolute atomic E-state index is 13.7. The fraction of sp³-hybridized carbons (Fsp3) is 0.425. The molecule has 0 unspecified atom stereocenters. The number of benzene rings is 2. The van der Waals surface area contributed by atoms with E-state index in [0.29, 0.717) is 24.4 Å². The summed E-state index contributed by atoms with van der Waals surface area (Å²) >= 11 is 0. The second-order valence-corrected chi connectivity index (χ2v) is 14.1. The van der Waals surface area contributed by atoms with Crippen LogP contribution in [0.25, 0.3) is 22.5 Å². The number of carbonyl (C=O) groups excluding carboxylic acids is 2. The Kier molecular flexibility index (Phi) is 12.1. The third-order valence-electron chi connectivity index (χ3n) is 9.19. The smallest absolute Gasteiger partial charge is 0.308 e. The number of amides is 2. The Morgan fingerprint density at radius 3 is 2.22 bits per heavy atom. The highest BCUT2D eigenvalue weighted by molar-refractivity contribution is 5.97. The summed E-state index contributed by atoms with van der Waals surface area (Å²) in [6.07, 6.45) is 13.9. The van der Waals surface area contributed by atoms with E-state index >= 15 is 0 Å². The second kappa shape index (κ2) is 16.6. The number of carbonyl (C=O) groups is 3. The average Bonchev–Trinajstić information content (AvgIpc) is 3.82. The van der Waals surface area contributed by atoms with Crippen LogP contribution in [0, 0.1) is 5.92 Å². The van der Waals surface area contributed by atoms with Crippen molar-refractivity contribution in [3.63, 3.8) is 0 Å². The van der Waals surface area contributed by atoms with Crippen LogP contribution in [0.2, 0.25) is 0 Å². The predicted octanol–water partition coefficient (Wildman–Crippen LogP) is 6.99. The first-order valence-corrected chi connectivity index (χ1v) is 17.7. The Morgan fingerprint density at radius 2 is 1.60 bits per heavy atom. The highest BCUT2D eigenvalue weighted by Crippen LogP contribution is 2.25. The van der Waals surface area contributed by atoms with E-state index in [2.05, 4.69) is 22.2 Å². The number of carboxylic acid groups (broad SMARTS) is 1. The Morgan fingerprint density at radius 1 is 0.920 bits per heavy atom. The van der Waals surface area contributed by atoms with Crippen LogP contribution in [0.15, 0.2) is 79.4 Å². The largest absolute Gasteiger partial charge is 0.494 e. The number of rotatable bonds is 15. The number of aliphatic carboxylic acids is 1. The third kappa shape index (κ3) is 9.58. The molecule has 4 aromatic rings. The van der Waals surface area contributed by atoms with E-state index < -0.39 is 17.9 Å². The summed E-state index contributed by atoms with van der Waals surface area (Å²) in [6.45, 7) is 9.54. The number of nitrogens with one attached hydrogen (secondary N) is 1. The monoisotopic (exact) mass is 679 g/mol. The van der Waals surface area contributed by atoms with Gasteiger partial charge < -0.3 is 24.6 Å². The number of ether oxygens (including phenoxy) is 1. The fourth-order valence-corrected chi connectivity index (χ4v) is 6.06. The zero-order valence-electron chi connectivity index (χ0n) is 29.6. The molecule has 50 heavy (non-hydrogen) atoms. The summed E-state index contributed by atoms with van der Waals surface area (Å²) in [5, 5.41) is 12.4. The lowest BCUT2D eigenvalue weighted by molar-refractivity contribution is -0.141. The molecule has 1 aliphatic heterocycles. The van der Waals surface area contributed by atoms with Crippen molar-refractivity contribution < 1.29 is 24.2 Å². The molecule has 0 bridgehead atoms. The van der Waals surface area contributed by atoms with Gasteiger partial charge in [-0.05, 0) is 62.9 Å². The summed E-state index contributed by atoms with van der Waals surface area (Å²) in [4.78, 5) is 49.3. The van der Waals surface area contributed by atoms with Crippen LogP contribution < -0.4 is 10.1 Å². The van der Waals surface area contributed by atoms with Gasteiger partial charge in [-0.3, -0.25) is 14.4 Å². The van der Waals surface area contributed by atoms with E-state index in [9.17, 15) is 19.5 Å². The molecular formula is C40H49N5O5. The van der Waals surface area contributed by atoms with Gasteiger partial charge >= 0.3 is 5.97 Å². The molecule has 264 valence electrons. The zero-order valence-corrected chi connectivity index (χ0v) is 29.6. The molecule has 2 atom stereocenters. The highest BCUT2D eigenvalue weighted by Gasteiger charge is 2.35. The molecule has 0 radical (unpaired) electrons. The van der Waals surface area contributed by atoms with Gasteiger partial charge in [-0.25, -0.2) is 9.97 Å². The molecule has 10 nitrogen and oxygen atoms in total. The number of unbranched alkanes of at least 4 members (excludes halogenated alkanes) is 4. The average molecular weight is 680 g/mol. The van der Waals surface area contributed by atoms with Gasteiger partial charge in [-0.1, -0.05) is 69.0 Å². The molecule has 0 saturated carbocycles. The molecule has 1 aliphatic rings. The minimum absolute atomic E-state index is 0.129. The van der Waals surface area contributed by atoms with Crippen molar-refractivity contribution in [2.75, 3.05) is 19.7 Å². The first-order valence-electron chi connectivity index (χ1n) is 17.7. The molecule has 0 aliphatic carbocycles. The van der Waals surface area contributed by atoms with Crippen molar-refractivity contribution in [3.05, 3.63) is 90.5 Å². The van der Waals surface area contributed by atoms with Crippen molar-refractivity contribution in [1.29, 1.82) is 0 Å². The number of likely N-dealkylation sites (tertiary alicyclic amines) is 1. The van der Waals surface area contributed by atoms with Gasteiger partial charge in [0.05, 0.1) is 18.1 Å². The van der Waals surface area contributed by atoms with E-state index in [4.69, 9.17) is 4.74 Å². The van der Waals surface area contributed by atoms with Crippen LogP contribution >= 0.6 is 0 Å². The van der Waals surface area contributed by atoms with Crippen LogP contribution in [-0.2, 0) is 21.5 Å². The molecule has 3 heterocycles. The first kappa shape index (κ1) is 36.3. The molecule has 10 heteroatoms. The van der Waals surface area contributed by atoms with Crippen LogP contribution in [0.5, 0.6) is 5.75 Å². The maximum atomic E-state index is 13.7. The van der Waals surface area contributed by atoms with Crippen LogP contribution in [0.4, 0.5) is 0 Å². The van der Waals surface area contributed by atoms with Gasteiger partial charge in [0.2, 0.25) is 5.91 Å². The number of nitrogens with zero attached hydrogens (tertiary/aromatic N) is 4. The Labute approximate surface area is 294 Å². The van der Waals surface area contributed by atoms with Crippen LogP contribution in [-0.4, -0.2) is 68.1 Å². The lowest BCUT2D eigenvalue weighted by Gasteiger charge is -2.24. The number of hydrogen-bond acceptors (Lipinski definition) is 6. The molecule has 0 spiro atoms. The van der Waals surface area contributed by atoms with E-state index in [1.807, 2.05) is 80.1 Å². The van der Waals surface area contributed by atoms with Gasteiger partial charge in [0.15, 0.2) is 5.82 Å². The summed E-state index contributed by atoms with van der Waals surface area (Å²) in [6, 6.07) is 16.5. The quantitative estimate of drug-likeness (QED) is 0.130. The number of aromatic nitrogens is 3. The molecule has 2 aromatic carbocycles. The van der Waals surface area contributed by atoms with Crippen LogP contribution in [0.3, 0.4) is 0 Å². The lowest BCUT2D eigenvalue weighted by atomic mass is 10.0. The standard InChI is InChI=1S/C40H49N5O5/c1-5-6-7-8-9-22-50-34-16-14-29(15-17-34)33-24-41-36(42-25-33)30-12-10-28(11-13-30)23-35(38(47)44-20-18-32(26-44)39(48)49)43-37(46)31-19-21-45(27-31)40(2,3)4/h10-17,19,21,24-25,27,32,35H,5-9,18,20,22-23,26H2,1-4H3,(H,43,46)(H,48,49)/t32-,35-/m0/s1. The normalized spacial score (nSPS) is 15.1. The molecule has 1 saturated heterocycles. The summed E-state index contributed by atoms with van der Waals surface area (Å²) in [7, 11) is 0. The van der Waals surface area contributed by atoms with Gasteiger partial charge in [-0.2, -0.15) is 0 Å². The molecule has 2 amide bonds. The summed E-state index contributed by atoms with van der Waals surface area (Å²) < 4.78 is 7.85. The van der Waals surface area contributed by atoms with Crippen molar-refractivity contribution in [3.8, 4) is 28.3 Å². The summed E-state index contributed by atoms with van der Waals surface area (Å²) in [5.41, 5.74) is 3.82. The van der Waals surface area contributed by atoms with Crippen molar-refractivity contribution in [2.45, 2.75) is 84.2 Å². The zero-order chi connectivity index (χ0) is 35.7. The number of carboxylic acids is 1. The summed E-state index contributed by atoms with van der Waals surface area (Å²) in [5.74, 6) is -0.737. The Balaban J connectivity index is 1.23. The van der Waals surface area contributed by atoms with Crippen molar-refractivity contribution in [2.24, 2.45) is 5.92 Å². The van der Waals surface area contributed by atoms with E-state index in [-0.39, 0.29) is 30.3 Å². The fourth-order valence-electron chi connectivity index (χ4n) is 6.06. The predicted molar refractivity (Wildman–Crippen MR) is 194 cm³/mol. The van der Waals surface area contributed by atoms with E-state index in [1.54, 1.807) is 29.6 Å². The number of hydrogen-bond donors (Lipinski definition) is 2. The van der Waals surface area contributed by atoms with Crippen molar-refractivity contribution >= 4 is 17.8 Å². The molecule has 2 N–H and O–H groups in total. The second-order valence-electron chi connectivity index (χ2n) is 14.1. The Bertz CT molecular complexity index is 1730. The van der Waals surface area contributed by atoms with Crippen LogP contribution in [0.1, 0.15) is 82.1 Å². The molecule has 1 fully saturated rings.